The summed E-state index contributed by atoms with van der Waals surface area (Å²) in [6.07, 6.45) is 1.20. The molecule has 1 aromatic carbocycles. The molecule has 0 aliphatic heterocycles. The molecule has 0 unspecified atom stereocenters. The first kappa shape index (κ1) is 14.1. The van der Waals surface area contributed by atoms with Crippen molar-refractivity contribution in [3.63, 3.8) is 0 Å². The summed E-state index contributed by atoms with van der Waals surface area (Å²) in [6, 6.07) is 6.31. The largest absolute Gasteiger partial charge is 0.320 e. The van der Waals surface area contributed by atoms with Gasteiger partial charge >= 0.3 is 0 Å². The quantitative estimate of drug-likeness (QED) is 0.780. The summed E-state index contributed by atoms with van der Waals surface area (Å²) in [5, 5.41) is 2.75. The van der Waals surface area contributed by atoms with Gasteiger partial charge in [0.15, 0.2) is 0 Å². The van der Waals surface area contributed by atoms with Crippen molar-refractivity contribution in [1.82, 2.24) is 4.98 Å². The van der Waals surface area contributed by atoms with Gasteiger partial charge in [-0.25, -0.2) is 4.98 Å². The molecule has 98 valence electrons. The van der Waals surface area contributed by atoms with E-state index in [-0.39, 0.29) is 5.91 Å². The van der Waals surface area contributed by atoms with Crippen LogP contribution in [0.15, 0.2) is 39.4 Å². The van der Waals surface area contributed by atoms with Gasteiger partial charge in [-0.1, -0.05) is 0 Å². The fraction of sp³-hybridized carbons (Fsp3) is 0.0769. The van der Waals surface area contributed by atoms with Crippen LogP contribution >= 0.6 is 31.9 Å². The Kier molecular flexibility index (Phi) is 4.31. The summed E-state index contributed by atoms with van der Waals surface area (Å²) in [5.41, 5.74) is 1.97. The lowest BCUT2D eigenvalue weighted by molar-refractivity contribution is 0.102. The number of nitrogens with one attached hydrogen (secondary N) is 1. The van der Waals surface area contributed by atoms with E-state index in [2.05, 4.69) is 42.2 Å². The van der Waals surface area contributed by atoms with Crippen LogP contribution < -0.4 is 5.32 Å². The highest BCUT2D eigenvalue weighted by molar-refractivity contribution is 9.11. The van der Waals surface area contributed by atoms with E-state index in [1.807, 2.05) is 19.1 Å². The maximum Gasteiger partial charge on any atom is 0.257 e. The molecule has 0 spiro atoms. The summed E-state index contributed by atoms with van der Waals surface area (Å²) >= 11 is 6.78. The molecule has 0 aliphatic carbocycles. The predicted octanol–water partition coefficient (Wildman–Crippen LogP) is 4.31. The minimum absolute atomic E-state index is 0.292. The molecule has 1 heterocycles. The Bertz CT molecular complexity index is 606. The number of nitrogens with zero attached hydrogens (tertiary/aromatic N) is 1. The van der Waals surface area contributed by atoms with Crippen LogP contribution in [0.1, 0.15) is 15.9 Å². The number of pyridine rings is 1. The smallest absolute Gasteiger partial charge is 0.257 e. The molecule has 6 heteroatoms. The highest BCUT2D eigenvalue weighted by Gasteiger charge is 2.12. The van der Waals surface area contributed by atoms with E-state index in [0.717, 1.165) is 20.6 Å². The summed E-state index contributed by atoms with van der Waals surface area (Å²) in [4.78, 5) is 15.4. The van der Waals surface area contributed by atoms with Crippen LogP contribution in [0.5, 0.6) is 0 Å². The first-order valence-electron chi connectivity index (χ1n) is 5.36. The fourth-order valence-corrected chi connectivity index (χ4v) is 3.13. The number of hydrogen-bond acceptors (Lipinski definition) is 2. The predicted molar refractivity (Wildman–Crippen MR) is 78.7 cm³/mol. The van der Waals surface area contributed by atoms with Gasteiger partial charge in [-0.05, 0) is 68.6 Å². The highest BCUT2D eigenvalue weighted by atomic mass is 79.9. The molecule has 1 amide bonds. The molecule has 0 atom stereocenters. The van der Waals surface area contributed by atoms with Gasteiger partial charge in [0.05, 0.1) is 11.3 Å². The number of carbonyl (C=O) groups excluding carboxylic acids is 1. The standard InChI is InChI=1S/C13H9Br2FN2O/c1-7-4-9(14)12(10(15)5-7)18-13(19)8-2-3-11(16)17-6-8/h2-6H,1H3,(H,18,19). The Balaban J connectivity index is 2.26. The van der Waals surface area contributed by atoms with Gasteiger partial charge in [0.1, 0.15) is 0 Å². The molecule has 3 nitrogen and oxygen atoms in total. The van der Waals surface area contributed by atoms with E-state index in [9.17, 15) is 9.18 Å². The van der Waals surface area contributed by atoms with E-state index in [1.54, 1.807) is 0 Å². The van der Waals surface area contributed by atoms with Gasteiger partial charge in [0.25, 0.3) is 5.91 Å². The van der Waals surface area contributed by atoms with Gasteiger partial charge in [-0.3, -0.25) is 4.79 Å². The normalized spacial score (nSPS) is 10.3. The van der Waals surface area contributed by atoms with Crippen molar-refractivity contribution < 1.29 is 9.18 Å². The lowest BCUT2D eigenvalue weighted by atomic mass is 10.2. The minimum Gasteiger partial charge on any atom is -0.320 e. The number of benzene rings is 1. The lowest BCUT2D eigenvalue weighted by Gasteiger charge is -2.10. The number of aromatic nitrogens is 1. The van der Waals surface area contributed by atoms with Crippen LogP contribution in [0.4, 0.5) is 10.1 Å². The van der Waals surface area contributed by atoms with Gasteiger partial charge in [0, 0.05) is 15.1 Å². The van der Waals surface area contributed by atoms with Crippen molar-refractivity contribution in [2.45, 2.75) is 6.92 Å². The fourth-order valence-electron chi connectivity index (χ4n) is 1.52. The third-order valence-corrected chi connectivity index (χ3v) is 3.67. The lowest BCUT2D eigenvalue weighted by Crippen LogP contribution is -2.13. The number of aryl methyl sites for hydroxylation is 1. The average molecular weight is 388 g/mol. The maximum absolute atomic E-state index is 12.7. The third-order valence-electron chi connectivity index (χ3n) is 2.41. The second kappa shape index (κ2) is 5.79. The summed E-state index contributed by atoms with van der Waals surface area (Å²) < 4.78 is 14.2. The minimum atomic E-state index is -0.616. The first-order valence-corrected chi connectivity index (χ1v) is 6.94. The third kappa shape index (κ3) is 3.39. The Morgan fingerprint density at radius 2 is 1.89 bits per heavy atom. The van der Waals surface area contributed by atoms with Crippen molar-refractivity contribution in [2.75, 3.05) is 5.32 Å². The van der Waals surface area contributed by atoms with Crippen molar-refractivity contribution >= 4 is 43.5 Å². The van der Waals surface area contributed by atoms with Crippen LogP contribution in [0.25, 0.3) is 0 Å². The molecule has 1 aromatic heterocycles. The van der Waals surface area contributed by atoms with E-state index in [1.165, 1.54) is 12.3 Å². The zero-order chi connectivity index (χ0) is 14.0. The van der Waals surface area contributed by atoms with E-state index in [0.29, 0.717) is 11.3 Å². The van der Waals surface area contributed by atoms with E-state index < -0.39 is 5.95 Å². The Hall–Kier alpha value is -1.27. The van der Waals surface area contributed by atoms with Crippen molar-refractivity contribution in [3.8, 4) is 0 Å². The molecule has 0 radical (unpaired) electrons. The summed E-state index contributed by atoms with van der Waals surface area (Å²) in [5.74, 6) is -0.966. The van der Waals surface area contributed by atoms with Gasteiger partial charge < -0.3 is 5.32 Å². The first-order chi connectivity index (χ1) is 8.97. The molecular formula is C13H9Br2FN2O. The van der Waals surface area contributed by atoms with Crippen LogP contribution in [-0.4, -0.2) is 10.9 Å². The van der Waals surface area contributed by atoms with Gasteiger partial charge in [0.2, 0.25) is 5.95 Å². The molecule has 2 rings (SSSR count). The van der Waals surface area contributed by atoms with E-state index >= 15 is 0 Å². The van der Waals surface area contributed by atoms with Crippen molar-refractivity contribution in [3.05, 3.63) is 56.5 Å². The molecule has 1 N–H and O–H groups in total. The SMILES string of the molecule is Cc1cc(Br)c(NC(=O)c2ccc(F)nc2)c(Br)c1. The molecule has 0 bridgehead atoms. The van der Waals surface area contributed by atoms with Crippen molar-refractivity contribution in [1.29, 1.82) is 0 Å². The zero-order valence-electron chi connectivity index (χ0n) is 9.88. The van der Waals surface area contributed by atoms with Crippen LogP contribution in [-0.2, 0) is 0 Å². The number of carbonyl (C=O) groups is 1. The van der Waals surface area contributed by atoms with E-state index in [4.69, 9.17) is 0 Å². The summed E-state index contributed by atoms with van der Waals surface area (Å²) in [6.45, 7) is 1.95. The number of hydrogen-bond donors (Lipinski definition) is 1. The molecule has 2 aromatic rings. The maximum atomic E-state index is 12.7. The zero-order valence-corrected chi connectivity index (χ0v) is 13.0. The van der Waals surface area contributed by atoms with Gasteiger partial charge in [-0.15, -0.1) is 0 Å². The Morgan fingerprint density at radius 1 is 1.26 bits per heavy atom. The second-order valence-electron chi connectivity index (χ2n) is 3.93. The topological polar surface area (TPSA) is 42.0 Å². The number of anilines is 1. The number of rotatable bonds is 2. The summed E-state index contributed by atoms with van der Waals surface area (Å²) in [7, 11) is 0. The molecule has 19 heavy (non-hydrogen) atoms. The monoisotopic (exact) mass is 386 g/mol. The molecular weight excluding hydrogens is 379 g/mol. The van der Waals surface area contributed by atoms with Gasteiger partial charge in [-0.2, -0.15) is 4.39 Å². The highest BCUT2D eigenvalue weighted by Crippen LogP contribution is 2.32. The number of amides is 1. The Morgan fingerprint density at radius 3 is 2.42 bits per heavy atom. The molecule has 0 saturated carbocycles. The molecule has 0 saturated heterocycles. The Labute approximate surface area is 126 Å². The van der Waals surface area contributed by atoms with Crippen LogP contribution in [0.2, 0.25) is 0 Å². The molecule has 0 aliphatic rings. The number of halogens is 3. The van der Waals surface area contributed by atoms with Crippen molar-refractivity contribution in [2.24, 2.45) is 0 Å². The van der Waals surface area contributed by atoms with Crippen LogP contribution in [0, 0.1) is 12.9 Å². The molecule has 0 fully saturated rings. The second-order valence-corrected chi connectivity index (χ2v) is 5.64. The average Bonchev–Trinajstić information content (AvgIpc) is 2.34. The van der Waals surface area contributed by atoms with Crippen LogP contribution in [0.3, 0.4) is 0 Å².